The van der Waals surface area contributed by atoms with Gasteiger partial charge in [-0.2, -0.15) is 0 Å². The standard InChI is InChI=1S/C26H36N4O3/c1-3-20(27-2)23(31)28-21-18-11-7-8-13-26(18)16-30(24(21)32)22-19(26)15-29(25(22)33)14-12-17-9-5-4-6-10-17/h4-6,9-10,18-22,27H,3,7-8,11-16H2,1-2H3,(H,28,31)/t18?,19-,20-,21+,22-,26?/m0/s1. The van der Waals surface area contributed by atoms with Gasteiger partial charge in [-0.15, -0.1) is 0 Å². The van der Waals surface area contributed by atoms with Crippen molar-refractivity contribution in [2.75, 3.05) is 26.7 Å². The highest BCUT2D eigenvalue weighted by Gasteiger charge is 2.68. The van der Waals surface area contributed by atoms with Crippen LogP contribution in [0.15, 0.2) is 30.3 Å². The Bertz CT molecular complexity index is 917. The number of likely N-dealkylation sites (N-methyl/N-ethyl adjacent to an activating group) is 1. The molecule has 2 unspecified atom stereocenters. The van der Waals surface area contributed by atoms with Crippen molar-refractivity contribution in [3.63, 3.8) is 0 Å². The fraction of sp³-hybridized carbons (Fsp3) is 0.654. The van der Waals surface area contributed by atoms with Crippen LogP contribution in [0.5, 0.6) is 0 Å². The third kappa shape index (κ3) is 3.56. The Morgan fingerprint density at radius 2 is 1.94 bits per heavy atom. The van der Waals surface area contributed by atoms with Gasteiger partial charge >= 0.3 is 0 Å². The molecule has 1 spiro atoms. The van der Waals surface area contributed by atoms with Crippen LogP contribution in [0.3, 0.4) is 0 Å². The molecule has 2 N–H and O–H groups in total. The average Bonchev–Trinajstić information content (AvgIpc) is 3.31. The lowest BCUT2D eigenvalue weighted by Crippen LogP contribution is -2.64. The summed E-state index contributed by atoms with van der Waals surface area (Å²) in [7, 11) is 1.78. The molecule has 3 heterocycles. The van der Waals surface area contributed by atoms with Crippen LogP contribution in [0.1, 0.15) is 44.6 Å². The second-order valence-corrected chi connectivity index (χ2v) is 10.4. The molecule has 1 saturated carbocycles. The molecule has 3 saturated heterocycles. The number of carbonyl (C=O) groups excluding carboxylic acids is 3. The predicted octanol–water partition coefficient (Wildman–Crippen LogP) is 1.57. The molecule has 7 heteroatoms. The monoisotopic (exact) mass is 452 g/mol. The van der Waals surface area contributed by atoms with Crippen molar-refractivity contribution in [3.8, 4) is 0 Å². The SMILES string of the molecule is CC[C@H](NC)C(=O)N[C@H]1C(=O)N2CC3(CCCCC13)[C@H]1CN(CCc3ccccc3)C(=O)[C@H]12. The van der Waals surface area contributed by atoms with E-state index in [2.05, 4.69) is 22.8 Å². The quantitative estimate of drug-likeness (QED) is 0.658. The number of benzene rings is 1. The minimum atomic E-state index is -0.509. The number of fused-ring (bicyclic) bond motifs is 3. The number of hydrogen-bond acceptors (Lipinski definition) is 4. The molecule has 33 heavy (non-hydrogen) atoms. The topological polar surface area (TPSA) is 81.8 Å². The minimum absolute atomic E-state index is 0.0532. The van der Waals surface area contributed by atoms with Crippen molar-refractivity contribution < 1.29 is 14.4 Å². The summed E-state index contributed by atoms with van der Waals surface area (Å²) in [6.45, 7) is 4.07. The highest BCUT2D eigenvalue weighted by Crippen LogP contribution is 2.59. The number of nitrogens with one attached hydrogen (secondary N) is 2. The number of nitrogens with zero attached hydrogens (tertiary/aromatic N) is 2. The number of carbonyl (C=O) groups is 3. The summed E-state index contributed by atoms with van der Waals surface area (Å²) >= 11 is 0. The lowest BCUT2D eigenvalue weighted by molar-refractivity contribution is -0.150. The second-order valence-electron chi connectivity index (χ2n) is 10.4. The van der Waals surface area contributed by atoms with Crippen LogP contribution < -0.4 is 10.6 Å². The van der Waals surface area contributed by atoms with Crippen LogP contribution >= 0.6 is 0 Å². The zero-order chi connectivity index (χ0) is 23.2. The van der Waals surface area contributed by atoms with Gasteiger partial charge in [-0.1, -0.05) is 50.1 Å². The largest absolute Gasteiger partial charge is 0.343 e. The molecule has 0 aromatic heterocycles. The Balaban J connectivity index is 1.38. The molecule has 1 aromatic rings. The van der Waals surface area contributed by atoms with Crippen LogP contribution in [0.25, 0.3) is 0 Å². The van der Waals surface area contributed by atoms with E-state index in [-0.39, 0.29) is 47.1 Å². The molecule has 5 rings (SSSR count). The summed E-state index contributed by atoms with van der Waals surface area (Å²) < 4.78 is 0. The first-order chi connectivity index (χ1) is 16.0. The van der Waals surface area contributed by atoms with Gasteiger partial charge in [0.15, 0.2) is 0 Å². The van der Waals surface area contributed by atoms with Crippen LogP contribution in [0, 0.1) is 17.3 Å². The number of amides is 3. The number of rotatable bonds is 7. The minimum Gasteiger partial charge on any atom is -0.343 e. The molecule has 3 amide bonds. The van der Waals surface area contributed by atoms with Crippen LogP contribution in [-0.2, 0) is 20.8 Å². The van der Waals surface area contributed by atoms with Crippen molar-refractivity contribution in [1.82, 2.24) is 20.4 Å². The summed E-state index contributed by atoms with van der Waals surface area (Å²) in [5.41, 5.74) is 1.17. The van der Waals surface area contributed by atoms with Crippen LogP contribution in [0.4, 0.5) is 0 Å². The summed E-state index contributed by atoms with van der Waals surface area (Å²) in [5.74, 6) is 0.220. The molecule has 2 bridgehead atoms. The maximum atomic E-state index is 13.7. The third-order valence-corrected chi connectivity index (χ3v) is 8.88. The molecule has 1 aliphatic carbocycles. The fourth-order valence-corrected chi connectivity index (χ4v) is 7.23. The van der Waals surface area contributed by atoms with E-state index < -0.39 is 6.04 Å². The molecule has 1 aromatic carbocycles. The highest BCUT2D eigenvalue weighted by atomic mass is 16.2. The fourth-order valence-electron chi connectivity index (χ4n) is 7.23. The van der Waals surface area contributed by atoms with E-state index in [0.29, 0.717) is 19.5 Å². The van der Waals surface area contributed by atoms with Crippen molar-refractivity contribution in [2.45, 2.75) is 63.6 Å². The van der Waals surface area contributed by atoms with E-state index in [0.717, 1.165) is 38.6 Å². The van der Waals surface area contributed by atoms with Gasteiger partial charge in [0.05, 0.1) is 6.04 Å². The first-order valence-corrected chi connectivity index (χ1v) is 12.6. The Kier molecular flexibility index (Phi) is 5.93. The molecular weight excluding hydrogens is 416 g/mol. The van der Waals surface area contributed by atoms with E-state index in [9.17, 15) is 14.4 Å². The summed E-state index contributed by atoms with van der Waals surface area (Å²) in [6.07, 6.45) is 5.70. The van der Waals surface area contributed by atoms with Gasteiger partial charge in [0.1, 0.15) is 12.1 Å². The summed E-state index contributed by atoms with van der Waals surface area (Å²) in [6, 6.07) is 9.09. The predicted molar refractivity (Wildman–Crippen MR) is 125 cm³/mol. The highest BCUT2D eigenvalue weighted by molar-refractivity contribution is 5.96. The molecule has 4 aliphatic rings. The van der Waals surface area contributed by atoms with Crippen molar-refractivity contribution in [1.29, 1.82) is 0 Å². The first-order valence-electron chi connectivity index (χ1n) is 12.6. The van der Waals surface area contributed by atoms with Gasteiger partial charge in [-0.25, -0.2) is 0 Å². The van der Waals surface area contributed by atoms with E-state index >= 15 is 0 Å². The molecule has 3 aliphatic heterocycles. The smallest absolute Gasteiger partial charge is 0.246 e. The van der Waals surface area contributed by atoms with Gasteiger partial charge in [-0.05, 0) is 44.2 Å². The third-order valence-electron chi connectivity index (χ3n) is 8.88. The molecule has 6 atom stereocenters. The van der Waals surface area contributed by atoms with Gasteiger partial charge < -0.3 is 20.4 Å². The van der Waals surface area contributed by atoms with Crippen molar-refractivity contribution >= 4 is 17.7 Å². The zero-order valence-electron chi connectivity index (χ0n) is 19.8. The van der Waals surface area contributed by atoms with E-state index in [4.69, 9.17) is 0 Å². The van der Waals surface area contributed by atoms with E-state index in [1.165, 1.54) is 5.56 Å². The Hall–Kier alpha value is -2.41. The molecular formula is C26H36N4O3. The van der Waals surface area contributed by atoms with Crippen molar-refractivity contribution in [3.05, 3.63) is 35.9 Å². The summed E-state index contributed by atoms with van der Waals surface area (Å²) in [4.78, 5) is 43.9. The first kappa shape index (κ1) is 22.4. The average molecular weight is 453 g/mol. The lowest BCUT2D eigenvalue weighted by atomic mass is 9.57. The Morgan fingerprint density at radius 1 is 1.15 bits per heavy atom. The van der Waals surface area contributed by atoms with E-state index in [1.54, 1.807) is 7.05 Å². The van der Waals surface area contributed by atoms with Gasteiger partial charge in [0, 0.05) is 31.0 Å². The maximum Gasteiger partial charge on any atom is 0.246 e. The van der Waals surface area contributed by atoms with Gasteiger partial charge in [0.25, 0.3) is 0 Å². The summed E-state index contributed by atoms with van der Waals surface area (Å²) in [5, 5.41) is 6.16. The molecule has 0 radical (unpaired) electrons. The zero-order valence-corrected chi connectivity index (χ0v) is 19.8. The molecule has 4 fully saturated rings. The molecule has 7 nitrogen and oxygen atoms in total. The Morgan fingerprint density at radius 3 is 2.67 bits per heavy atom. The van der Waals surface area contributed by atoms with Gasteiger partial charge in [-0.3, -0.25) is 14.4 Å². The van der Waals surface area contributed by atoms with Crippen molar-refractivity contribution in [2.24, 2.45) is 17.3 Å². The number of likely N-dealkylation sites (tertiary alicyclic amines) is 1. The number of hydrogen-bond donors (Lipinski definition) is 2. The van der Waals surface area contributed by atoms with Crippen LogP contribution in [0.2, 0.25) is 0 Å². The van der Waals surface area contributed by atoms with Gasteiger partial charge in [0.2, 0.25) is 17.7 Å². The van der Waals surface area contributed by atoms with Crippen LogP contribution in [-0.4, -0.2) is 72.3 Å². The van der Waals surface area contributed by atoms with E-state index in [1.807, 2.05) is 34.9 Å². The Labute approximate surface area is 196 Å². The lowest BCUT2D eigenvalue weighted by Gasteiger charge is -2.50. The normalized spacial score (nSPS) is 33.6. The molecule has 178 valence electrons. The number of piperidine rings is 1. The maximum absolute atomic E-state index is 13.7. The second kappa shape index (κ2) is 8.75.